The van der Waals surface area contributed by atoms with Gasteiger partial charge < -0.3 is 4.79 Å². The van der Waals surface area contributed by atoms with E-state index in [1.165, 1.54) is 5.69 Å². The molecule has 0 spiro atoms. The molecule has 1 aromatic heterocycles. The number of Topliss-reactive ketones (excluding diaryl/α,β-unsaturated/α-hetero) is 1. The van der Waals surface area contributed by atoms with Crippen LogP contribution < -0.4 is 0 Å². The molecule has 1 aromatic rings. The Kier molecular flexibility index (Phi) is 5.14. The minimum Gasteiger partial charge on any atom is -0.300 e. The molecule has 0 unspecified atom stereocenters. The number of hydrogen-bond acceptors (Lipinski definition) is 2. The van der Waals surface area contributed by atoms with Gasteiger partial charge in [-0.25, -0.2) is 0 Å². The van der Waals surface area contributed by atoms with Crippen LogP contribution in [0.4, 0.5) is 0 Å². The fourth-order valence-electron chi connectivity index (χ4n) is 2.38. The summed E-state index contributed by atoms with van der Waals surface area (Å²) in [6.45, 7) is 11.0. The highest BCUT2D eigenvalue weighted by Crippen LogP contribution is 2.31. The monoisotopic (exact) mass is 314 g/mol. The van der Waals surface area contributed by atoms with E-state index in [9.17, 15) is 4.79 Å². The SMILES string of the molecule is CCc1nn(CC)c(CC(C)(C)CC(C)=O)c1Br. The summed E-state index contributed by atoms with van der Waals surface area (Å²) in [5.41, 5.74) is 2.29. The van der Waals surface area contributed by atoms with Crippen LogP contribution in [0.3, 0.4) is 0 Å². The van der Waals surface area contributed by atoms with Crippen molar-refractivity contribution < 1.29 is 4.79 Å². The second kappa shape index (κ2) is 6.00. The lowest BCUT2D eigenvalue weighted by atomic mass is 9.83. The summed E-state index contributed by atoms with van der Waals surface area (Å²) >= 11 is 3.65. The van der Waals surface area contributed by atoms with Crippen LogP contribution >= 0.6 is 15.9 Å². The fourth-order valence-corrected chi connectivity index (χ4v) is 3.08. The minimum atomic E-state index is -0.0215. The van der Waals surface area contributed by atoms with Crippen molar-refractivity contribution in [3.05, 3.63) is 15.9 Å². The van der Waals surface area contributed by atoms with E-state index < -0.39 is 0 Å². The highest BCUT2D eigenvalue weighted by Gasteiger charge is 2.25. The third-order valence-electron chi connectivity index (χ3n) is 3.07. The van der Waals surface area contributed by atoms with Gasteiger partial charge in [-0.05, 0) is 48.0 Å². The van der Waals surface area contributed by atoms with Crippen LogP contribution in [0, 0.1) is 5.41 Å². The van der Waals surface area contributed by atoms with Gasteiger partial charge in [-0.3, -0.25) is 4.68 Å². The lowest BCUT2D eigenvalue weighted by molar-refractivity contribution is -0.118. The van der Waals surface area contributed by atoms with Crippen molar-refractivity contribution >= 4 is 21.7 Å². The van der Waals surface area contributed by atoms with Gasteiger partial charge in [0.25, 0.3) is 0 Å². The van der Waals surface area contributed by atoms with Gasteiger partial charge in [0.15, 0.2) is 0 Å². The molecule has 102 valence electrons. The molecule has 0 aromatic carbocycles. The molecule has 1 rings (SSSR count). The normalized spacial score (nSPS) is 11.9. The zero-order chi connectivity index (χ0) is 13.9. The Bertz CT molecular complexity index is 435. The molecule has 4 heteroatoms. The minimum absolute atomic E-state index is 0.0215. The van der Waals surface area contributed by atoms with Crippen LogP contribution in [0.5, 0.6) is 0 Å². The zero-order valence-corrected chi connectivity index (χ0v) is 13.6. The zero-order valence-electron chi connectivity index (χ0n) is 12.0. The van der Waals surface area contributed by atoms with Crippen LogP contribution in [0.1, 0.15) is 52.4 Å². The van der Waals surface area contributed by atoms with Crippen LogP contribution in [-0.2, 0) is 24.2 Å². The Morgan fingerprint density at radius 1 is 1.39 bits per heavy atom. The number of carbonyl (C=O) groups is 1. The molecular formula is C14H23BrN2O. The van der Waals surface area contributed by atoms with Crippen LogP contribution in [-0.4, -0.2) is 15.6 Å². The van der Waals surface area contributed by atoms with E-state index >= 15 is 0 Å². The van der Waals surface area contributed by atoms with E-state index in [2.05, 4.69) is 48.7 Å². The Balaban J connectivity index is 3.02. The van der Waals surface area contributed by atoms with E-state index in [0.29, 0.717) is 6.42 Å². The summed E-state index contributed by atoms with van der Waals surface area (Å²) < 4.78 is 3.16. The van der Waals surface area contributed by atoms with Crippen LogP contribution in [0.15, 0.2) is 4.47 Å². The maximum absolute atomic E-state index is 11.3. The number of halogens is 1. The van der Waals surface area contributed by atoms with Crippen molar-refractivity contribution in [1.82, 2.24) is 9.78 Å². The summed E-state index contributed by atoms with van der Waals surface area (Å²) in [7, 11) is 0. The van der Waals surface area contributed by atoms with Crippen molar-refractivity contribution in [2.24, 2.45) is 5.41 Å². The Morgan fingerprint density at radius 2 is 2.00 bits per heavy atom. The van der Waals surface area contributed by atoms with Crippen molar-refractivity contribution in [2.75, 3.05) is 0 Å². The summed E-state index contributed by atoms with van der Waals surface area (Å²) in [5, 5.41) is 4.59. The average molecular weight is 315 g/mol. The first kappa shape index (κ1) is 15.4. The maximum atomic E-state index is 11.3. The van der Waals surface area contributed by atoms with Gasteiger partial charge >= 0.3 is 0 Å². The molecule has 0 saturated heterocycles. The molecule has 18 heavy (non-hydrogen) atoms. The molecule has 0 bridgehead atoms. The van der Waals surface area contributed by atoms with Gasteiger partial charge in [-0.1, -0.05) is 20.8 Å². The predicted molar refractivity (Wildman–Crippen MR) is 77.8 cm³/mol. The average Bonchev–Trinajstić information content (AvgIpc) is 2.53. The maximum Gasteiger partial charge on any atom is 0.130 e. The molecule has 0 saturated carbocycles. The van der Waals surface area contributed by atoms with Gasteiger partial charge in [-0.15, -0.1) is 0 Å². The van der Waals surface area contributed by atoms with Crippen LogP contribution in [0.2, 0.25) is 0 Å². The Labute approximate surface area is 118 Å². The van der Waals surface area contributed by atoms with Crippen molar-refractivity contribution in [2.45, 2.75) is 60.4 Å². The number of aryl methyl sites for hydroxylation is 2. The molecule has 0 radical (unpaired) electrons. The lowest BCUT2D eigenvalue weighted by Gasteiger charge is -2.23. The van der Waals surface area contributed by atoms with E-state index in [-0.39, 0.29) is 11.2 Å². The molecule has 0 aliphatic rings. The van der Waals surface area contributed by atoms with Crippen molar-refractivity contribution in [1.29, 1.82) is 0 Å². The smallest absolute Gasteiger partial charge is 0.130 e. The van der Waals surface area contributed by atoms with Gasteiger partial charge in [-0.2, -0.15) is 5.10 Å². The number of ketones is 1. The Morgan fingerprint density at radius 3 is 2.44 bits per heavy atom. The first-order valence-corrected chi connectivity index (χ1v) is 7.33. The first-order valence-electron chi connectivity index (χ1n) is 6.54. The topological polar surface area (TPSA) is 34.9 Å². The van der Waals surface area contributed by atoms with E-state index in [1.54, 1.807) is 6.92 Å². The fraction of sp³-hybridized carbons (Fsp3) is 0.714. The Hall–Kier alpha value is -0.640. The standard InChI is InChI=1S/C14H23BrN2O/c1-6-11-13(15)12(17(7-2)16-11)9-14(4,5)8-10(3)18/h6-9H2,1-5H3. The predicted octanol–water partition coefficient (Wildman–Crippen LogP) is 3.78. The van der Waals surface area contributed by atoms with E-state index in [4.69, 9.17) is 0 Å². The largest absolute Gasteiger partial charge is 0.300 e. The molecule has 0 atom stereocenters. The van der Waals surface area contributed by atoms with Crippen LogP contribution in [0.25, 0.3) is 0 Å². The molecule has 1 heterocycles. The molecule has 0 aliphatic heterocycles. The molecule has 0 fully saturated rings. The summed E-state index contributed by atoms with van der Waals surface area (Å²) in [4.78, 5) is 11.3. The number of hydrogen-bond donors (Lipinski definition) is 0. The third kappa shape index (κ3) is 3.67. The van der Waals surface area contributed by atoms with Gasteiger partial charge in [0.05, 0.1) is 15.9 Å². The highest BCUT2D eigenvalue weighted by atomic mass is 79.9. The second-order valence-corrected chi connectivity index (χ2v) is 6.39. The van der Waals surface area contributed by atoms with E-state index in [1.807, 2.05) is 4.68 Å². The molecular weight excluding hydrogens is 292 g/mol. The quantitative estimate of drug-likeness (QED) is 0.801. The number of nitrogens with zero attached hydrogens (tertiary/aromatic N) is 2. The van der Waals surface area contributed by atoms with Gasteiger partial charge in [0, 0.05) is 13.0 Å². The number of rotatable bonds is 6. The van der Waals surface area contributed by atoms with Crippen molar-refractivity contribution in [3.63, 3.8) is 0 Å². The summed E-state index contributed by atoms with van der Waals surface area (Å²) in [6.07, 6.45) is 2.40. The second-order valence-electron chi connectivity index (χ2n) is 5.60. The molecule has 0 amide bonds. The summed E-state index contributed by atoms with van der Waals surface area (Å²) in [6, 6.07) is 0. The third-order valence-corrected chi connectivity index (χ3v) is 3.98. The lowest BCUT2D eigenvalue weighted by Crippen LogP contribution is -2.21. The molecule has 0 N–H and O–H groups in total. The molecule has 3 nitrogen and oxygen atoms in total. The number of carbonyl (C=O) groups excluding carboxylic acids is 1. The van der Waals surface area contributed by atoms with Gasteiger partial charge in [0.1, 0.15) is 5.78 Å². The van der Waals surface area contributed by atoms with Gasteiger partial charge in [0.2, 0.25) is 0 Å². The highest BCUT2D eigenvalue weighted by molar-refractivity contribution is 9.10. The van der Waals surface area contributed by atoms with Crippen molar-refractivity contribution in [3.8, 4) is 0 Å². The number of aromatic nitrogens is 2. The first-order chi connectivity index (χ1) is 8.30. The molecule has 0 aliphatic carbocycles. The van der Waals surface area contributed by atoms with E-state index in [0.717, 1.165) is 29.6 Å². The summed E-state index contributed by atoms with van der Waals surface area (Å²) in [5.74, 6) is 0.245.